The summed E-state index contributed by atoms with van der Waals surface area (Å²) in [6, 6.07) is 11.5. The normalized spacial score (nSPS) is 11.8. The van der Waals surface area contributed by atoms with Gasteiger partial charge in [0.25, 0.3) is 0 Å². The Bertz CT molecular complexity index is 334. The topological polar surface area (TPSA) is 0 Å². The highest BCUT2D eigenvalue weighted by atomic mass is 14.0. The van der Waals surface area contributed by atoms with E-state index in [0.29, 0.717) is 0 Å². The van der Waals surface area contributed by atoms with Crippen LogP contribution in [-0.4, -0.2) is 0 Å². The van der Waals surface area contributed by atoms with Crippen LogP contribution >= 0.6 is 0 Å². The van der Waals surface area contributed by atoms with Crippen molar-refractivity contribution < 1.29 is 0 Å². The standard InChI is InChI=1S/C19H29/c1-3-5-6-7-8-9-11-14-18(4-2)17-19-15-12-10-13-16-19/h4,12-13,15-16H,3,5-9,11,14,17H2,1-2H3/b18-4+. The molecule has 1 aromatic rings. The fourth-order valence-corrected chi connectivity index (χ4v) is 2.45. The fourth-order valence-electron chi connectivity index (χ4n) is 2.45. The third kappa shape index (κ3) is 7.87. The maximum absolute atomic E-state index is 3.08. The Labute approximate surface area is 119 Å². The van der Waals surface area contributed by atoms with Gasteiger partial charge >= 0.3 is 0 Å². The van der Waals surface area contributed by atoms with Crippen LogP contribution in [0.2, 0.25) is 0 Å². The van der Waals surface area contributed by atoms with E-state index in [1.807, 2.05) is 12.1 Å². The summed E-state index contributed by atoms with van der Waals surface area (Å²) >= 11 is 0. The molecular weight excluding hydrogens is 228 g/mol. The Morgan fingerprint density at radius 3 is 2.26 bits per heavy atom. The lowest BCUT2D eigenvalue weighted by atomic mass is 9.99. The summed E-state index contributed by atoms with van der Waals surface area (Å²) in [4.78, 5) is 0. The van der Waals surface area contributed by atoms with Crippen LogP contribution in [-0.2, 0) is 6.42 Å². The van der Waals surface area contributed by atoms with Crippen molar-refractivity contribution in [3.8, 4) is 0 Å². The second kappa shape index (κ2) is 10.8. The zero-order valence-electron chi connectivity index (χ0n) is 12.8. The number of hydrogen-bond acceptors (Lipinski definition) is 0. The van der Waals surface area contributed by atoms with Gasteiger partial charge < -0.3 is 0 Å². The molecule has 0 spiro atoms. The first-order valence-electron chi connectivity index (χ1n) is 7.96. The van der Waals surface area contributed by atoms with Gasteiger partial charge in [-0.05, 0) is 37.8 Å². The molecule has 0 saturated carbocycles. The smallest absolute Gasteiger partial charge is 0.00672 e. The zero-order chi connectivity index (χ0) is 13.8. The van der Waals surface area contributed by atoms with Crippen molar-refractivity contribution in [2.45, 2.75) is 71.6 Å². The van der Waals surface area contributed by atoms with Crippen LogP contribution in [0.5, 0.6) is 0 Å². The van der Waals surface area contributed by atoms with Gasteiger partial charge in [-0.15, -0.1) is 0 Å². The molecule has 0 atom stereocenters. The first-order chi connectivity index (χ1) is 9.36. The molecule has 0 saturated heterocycles. The zero-order valence-corrected chi connectivity index (χ0v) is 12.8. The third-order valence-electron chi connectivity index (χ3n) is 3.73. The Morgan fingerprint density at radius 1 is 1.00 bits per heavy atom. The average molecular weight is 257 g/mol. The van der Waals surface area contributed by atoms with E-state index >= 15 is 0 Å². The molecule has 105 valence electrons. The molecule has 1 radical (unpaired) electrons. The molecule has 0 bridgehead atoms. The monoisotopic (exact) mass is 257 g/mol. The van der Waals surface area contributed by atoms with Crippen LogP contribution in [0.25, 0.3) is 0 Å². The van der Waals surface area contributed by atoms with E-state index in [1.165, 1.54) is 56.9 Å². The lowest BCUT2D eigenvalue weighted by Crippen LogP contribution is -1.91. The van der Waals surface area contributed by atoms with Gasteiger partial charge in [0.15, 0.2) is 0 Å². The molecule has 0 fully saturated rings. The molecule has 1 rings (SSSR count). The maximum atomic E-state index is 3.08. The van der Waals surface area contributed by atoms with Gasteiger partial charge in [-0.3, -0.25) is 0 Å². The van der Waals surface area contributed by atoms with Gasteiger partial charge in [0.1, 0.15) is 0 Å². The maximum Gasteiger partial charge on any atom is -0.00672 e. The largest absolute Gasteiger partial charge is 0.0881 e. The molecule has 0 unspecified atom stereocenters. The summed E-state index contributed by atoms with van der Waals surface area (Å²) in [6.45, 7) is 4.45. The quantitative estimate of drug-likeness (QED) is 0.350. The van der Waals surface area contributed by atoms with Gasteiger partial charge in [-0.2, -0.15) is 0 Å². The van der Waals surface area contributed by atoms with E-state index < -0.39 is 0 Å². The fraction of sp³-hybridized carbons (Fsp3) is 0.579. The Hall–Kier alpha value is -1.04. The van der Waals surface area contributed by atoms with Crippen molar-refractivity contribution in [1.29, 1.82) is 0 Å². The molecule has 0 aromatic heterocycles. The third-order valence-corrected chi connectivity index (χ3v) is 3.73. The van der Waals surface area contributed by atoms with Gasteiger partial charge in [-0.1, -0.05) is 81.4 Å². The lowest BCUT2D eigenvalue weighted by Gasteiger charge is -2.07. The van der Waals surface area contributed by atoms with Crippen LogP contribution < -0.4 is 0 Å². The predicted molar refractivity (Wildman–Crippen MR) is 85.3 cm³/mol. The molecule has 0 amide bonds. The van der Waals surface area contributed by atoms with Crippen molar-refractivity contribution in [2.75, 3.05) is 0 Å². The van der Waals surface area contributed by atoms with Crippen molar-refractivity contribution in [1.82, 2.24) is 0 Å². The van der Waals surface area contributed by atoms with Gasteiger partial charge in [-0.25, -0.2) is 0 Å². The predicted octanol–water partition coefficient (Wildman–Crippen LogP) is 6.12. The Balaban J connectivity index is 2.13. The first-order valence-corrected chi connectivity index (χ1v) is 7.96. The van der Waals surface area contributed by atoms with Crippen LogP contribution in [0.4, 0.5) is 0 Å². The summed E-state index contributed by atoms with van der Waals surface area (Å²) in [6.07, 6.45) is 14.4. The number of rotatable bonds is 10. The van der Waals surface area contributed by atoms with Crippen molar-refractivity contribution in [2.24, 2.45) is 0 Å². The molecular formula is C19H29. The summed E-state index contributed by atoms with van der Waals surface area (Å²) < 4.78 is 0. The number of unbranched alkanes of at least 4 members (excludes halogenated alkanes) is 6. The molecule has 0 aliphatic rings. The molecule has 0 aliphatic heterocycles. The van der Waals surface area contributed by atoms with E-state index in [0.717, 1.165) is 6.42 Å². The summed E-state index contributed by atoms with van der Waals surface area (Å²) in [5, 5.41) is 0. The number of hydrogen-bond donors (Lipinski definition) is 0. The molecule has 0 nitrogen and oxygen atoms in total. The van der Waals surface area contributed by atoms with Crippen LogP contribution in [0.1, 0.15) is 70.8 Å². The molecule has 0 heteroatoms. The molecule has 0 aliphatic carbocycles. The van der Waals surface area contributed by atoms with Crippen molar-refractivity contribution in [3.05, 3.63) is 47.5 Å². The SMILES string of the molecule is C/C=C(\CCCCCCCCC)Cc1cc[c]cc1. The van der Waals surface area contributed by atoms with E-state index in [2.05, 4.69) is 38.1 Å². The summed E-state index contributed by atoms with van der Waals surface area (Å²) in [5.74, 6) is 0. The minimum Gasteiger partial charge on any atom is -0.0881 e. The minimum atomic E-state index is 1.11. The summed E-state index contributed by atoms with van der Waals surface area (Å²) in [7, 11) is 0. The first kappa shape index (κ1) is 16.0. The highest BCUT2D eigenvalue weighted by Crippen LogP contribution is 2.16. The molecule has 0 N–H and O–H groups in total. The van der Waals surface area contributed by atoms with Crippen LogP contribution in [0.15, 0.2) is 35.9 Å². The highest BCUT2D eigenvalue weighted by molar-refractivity contribution is 5.21. The number of benzene rings is 1. The van der Waals surface area contributed by atoms with Crippen molar-refractivity contribution >= 4 is 0 Å². The second-order valence-corrected chi connectivity index (χ2v) is 5.40. The van der Waals surface area contributed by atoms with Crippen LogP contribution in [0.3, 0.4) is 0 Å². The summed E-state index contributed by atoms with van der Waals surface area (Å²) in [5.41, 5.74) is 2.99. The molecule has 19 heavy (non-hydrogen) atoms. The number of allylic oxidation sites excluding steroid dienone is 2. The van der Waals surface area contributed by atoms with Gasteiger partial charge in [0, 0.05) is 0 Å². The van der Waals surface area contributed by atoms with Crippen molar-refractivity contribution in [3.63, 3.8) is 0 Å². The average Bonchev–Trinajstić information content (AvgIpc) is 2.46. The molecule has 0 heterocycles. The van der Waals surface area contributed by atoms with E-state index in [9.17, 15) is 0 Å². The highest BCUT2D eigenvalue weighted by Gasteiger charge is 1.99. The molecule has 1 aromatic carbocycles. The van der Waals surface area contributed by atoms with E-state index in [4.69, 9.17) is 0 Å². The lowest BCUT2D eigenvalue weighted by molar-refractivity contribution is 0.587. The Morgan fingerprint density at radius 2 is 1.63 bits per heavy atom. The van der Waals surface area contributed by atoms with E-state index in [-0.39, 0.29) is 0 Å². The minimum absolute atomic E-state index is 1.11. The van der Waals surface area contributed by atoms with Gasteiger partial charge in [0.2, 0.25) is 0 Å². The van der Waals surface area contributed by atoms with Crippen LogP contribution in [0, 0.1) is 6.07 Å². The van der Waals surface area contributed by atoms with E-state index in [1.54, 1.807) is 5.57 Å². The second-order valence-electron chi connectivity index (χ2n) is 5.40. The van der Waals surface area contributed by atoms with Gasteiger partial charge in [0.05, 0.1) is 0 Å². The Kier molecular flexibility index (Phi) is 9.14.